The van der Waals surface area contributed by atoms with Gasteiger partial charge in [0.2, 0.25) is 0 Å². The molecule has 0 aromatic heterocycles. The zero-order valence-electron chi connectivity index (χ0n) is 12.3. The summed E-state index contributed by atoms with van der Waals surface area (Å²) in [6.07, 6.45) is 5.73. The van der Waals surface area contributed by atoms with Crippen LogP contribution < -0.4 is 9.64 Å². The molecule has 4 nitrogen and oxygen atoms in total. The Bertz CT molecular complexity index is 473. The fourth-order valence-corrected chi connectivity index (χ4v) is 2.98. The van der Waals surface area contributed by atoms with Gasteiger partial charge in [0, 0.05) is 18.7 Å². The van der Waals surface area contributed by atoms with Crippen molar-refractivity contribution in [1.82, 2.24) is 0 Å². The van der Waals surface area contributed by atoms with Gasteiger partial charge in [-0.15, -0.1) is 0 Å². The summed E-state index contributed by atoms with van der Waals surface area (Å²) in [6, 6.07) is 5.64. The minimum Gasteiger partial charge on any atom is -0.497 e. The summed E-state index contributed by atoms with van der Waals surface area (Å²) in [5.41, 5.74) is 1.16. The van der Waals surface area contributed by atoms with E-state index < -0.39 is 5.97 Å². The Morgan fingerprint density at radius 1 is 1.40 bits per heavy atom. The van der Waals surface area contributed by atoms with Crippen molar-refractivity contribution in [3.05, 3.63) is 23.8 Å². The average Bonchev–Trinajstić information content (AvgIpc) is 2.71. The highest BCUT2D eigenvalue weighted by Gasteiger charge is 2.24. The van der Waals surface area contributed by atoms with E-state index in [1.54, 1.807) is 19.2 Å². The monoisotopic (exact) mass is 277 g/mol. The number of nitrogens with zero attached hydrogens (tertiary/aromatic N) is 1. The number of methoxy groups -OCH3 is 1. The first kappa shape index (κ1) is 14.7. The Labute approximate surface area is 120 Å². The first-order chi connectivity index (χ1) is 9.67. The zero-order chi connectivity index (χ0) is 14.5. The molecule has 1 aromatic carbocycles. The molecule has 0 aliphatic carbocycles. The number of aromatic carboxylic acids is 1. The number of ether oxygens (including phenoxy) is 1. The molecule has 4 heteroatoms. The van der Waals surface area contributed by atoms with Crippen LogP contribution in [0.5, 0.6) is 5.75 Å². The third-order valence-corrected chi connectivity index (χ3v) is 4.09. The zero-order valence-corrected chi connectivity index (χ0v) is 12.3. The van der Waals surface area contributed by atoms with E-state index >= 15 is 0 Å². The van der Waals surface area contributed by atoms with Crippen LogP contribution in [-0.2, 0) is 0 Å². The van der Waals surface area contributed by atoms with Gasteiger partial charge < -0.3 is 14.7 Å². The molecule has 0 amide bonds. The van der Waals surface area contributed by atoms with Gasteiger partial charge >= 0.3 is 5.97 Å². The lowest BCUT2D eigenvalue weighted by molar-refractivity contribution is 0.0697. The van der Waals surface area contributed by atoms with E-state index in [-0.39, 0.29) is 0 Å². The molecule has 2 rings (SSSR count). The van der Waals surface area contributed by atoms with Gasteiger partial charge in [0.15, 0.2) is 0 Å². The molecule has 0 radical (unpaired) electrons. The number of carbonyl (C=O) groups is 1. The maximum Gasteiger partial charge on any atom is 0.337 e. The van der Waals surface area contributed by atoms with Crippen molar-refractivity contribution < 1.29 is 14.6 Å². The molecule has 1 saturated heterocycles. The number of anilines is 1. The molecular formula is C16H23NO3. The number of carboxylic acids is 1. The lowest BCUT2D eigenvalue weighted by Gasteiger charge is -2.32. The molecule has 1 fully saturated rings. The summed E-state index contributed by atoms with van der Waals surface area (Å²) < 4.78 is 5.26. The van der Waals surface area contributed by atoms with E-state index in [1.165, 1.54) is 12.8 Å². The van der Waals surface area contributed by atoms with Crippen LogP contribution in [0, 0.1) is 0 Å². The van der Waals surface area contributed by atoms with E-state index in [2.05, 4.69) is 11.8 Å². The van der Waals surface area contributed by atoms with E-state index in [4.69, 9.17) is 4.74 Å². The molecule has 1 unspecified atom stereocenters. The Morgan fingerprint density at radius 3 is 2.85 bits per heavy atom. The van der Waals surface area contributed by atoms with Gasteiger partial charge in [0.05, 0.1) is 18.4 Å². The normalized spacial score (nSPS) is 19.5. The molecule has 0 saturated carbocycles. The van der Waals surface area contributed by atoms with Crippen molar-refractivity contribution >= 4 is 11.7 Å². The van der Waals surface area contributed by atoms with Gasteiger partial charge in [-0.25, -0.2) is 4.79 Å². The van der Waals surface area contributed by atoms with Gasteiger partial charge in [-0.3, -0.25) is 0 Å². The minimum absolute atomic E-state index is 0.367. The molecule has 0 spiro atoms. The quantitative estimate of drug-likeness (QED) is 0.914. The van der Waals surface area contributed by atoms with Crippen molar-refractivity contribution in [3.63, 3.8) is 0 Å². The third kappa shape index (κ3) is 3.06. The van der Waals surface area contributed by atoms with E-state index in [0.717, 1.165) is 31.5 Å². The Kier molecular flexibility index (Phi) is 4.88. The van der Waals surface area contributed by atoms with Crippen LogP contribution in [0.1, 0.15) is 49.4 Å². The number of carboxylic acid groups (broad SMARTS) is 1. The largest absolute Gasteiger partial charge is 0.497 e. The van der Waals surface area contributed by atoms with Crippen LogP contribution >= 0.6 is 0 Å². The Morgan fingerprint density at radius 2 is 2.20 bits per heavy atom. The maximum atomic E-state index is 11.5. The molecule has 0 bridgehead atoms. The summed E-state index contributed by atoms with van der Waals surface area (Å²) in [7, 11) is 1.61. The molecule has 1 aliphatic heterocycles. The Balaban J connectivity index is 2.43. The summed E-state index contributed by atoms with van der Waals surface area (Å²) in [5, 5.41) is 9.42. The molecule has 1 aromatic rings. The van der Waals surface area contributed by atoms with Crippen LogP contribution in [-0.4, -0.2) is 30.8 Å². The van der Waals surface area contributed by atoms with Crippen molar-refractivity contribution in [2.45, 2.75) is 45.1 Å². The third-order valence-electron chi connectivity index (χ3n) is 4.09. The van der Waals surface area contributed by atoms with Crippen LogP contribution in [0.3, 0.4) is 0 Å². The van der Waals surface area contributed by atoms with E-state index in [1.807, 2.05) is 6.07 Å². The van der Waals surface area contributed by atoms with Gasteiger partial charge in [0.1, 0.15) is 5.75 Å². The van der Waals surface area contributed by atoms with Crippen LogP contribution in [0.4, 0.5) is 5.69 Å². The maximum absolute atomic E-state index is 11.5. The van der Waals surface area contributed by atoms with E-state index in [9.17, 15) is 9.90 Å². The van der Waals surface area contributed by atoms with Crippen molar-refractivity contribution in [2.24, 2.45) is 0 Å². The molecule has 110 valence electrons. The molecule has 1 atom stereocenters. The smallest absolute Gasteiger partial charge is 0.337 e. The fourth-order valence-electron chi connectivity index (χ4n) is 2.98. The first-order valence-electron chi connectivity index (χ1n) is 7.35. The number of benzene rings is 1. The molecule has 1 aliphatic rings. The first-order valence-corrected chi connectivity index (χ1v) is 7.35. The van der Waals surface area contributed by atoms with Crippen molar-refractivity contribution in [1.29, 1.82) is 0 Å². The molecule has 1 N–H and O–H groups in total. The standard InChI is InChI=1S/C16H23NO3/c1-3-12-7-5-4-6-10-17(12)15-11-13(20-2)8-9-14(15)16(18)19/h8-9,11-12H,3-7,10H2,1-2H3,(H,18,19). The van der Waals surface area contributed by atoms with Gasteiger partial charge in [-0.1, -0.05) is 19.8 Å². The highest BCUT2D eigenvalue weighted by molar-refractivity contribution is 5.95. The second-order valence-electron chi connectivity index (χ2n) is 5.29. The van der Waals surface area contributed by atoms with Crippen LogP contribution in [0.15, 0.2) is 18.2 Å². The summed E-state index contributed by atoms with van der Waals surface area (Å²) >= 11 is 0. The highest BCUT2D eigenvalue weighted by atomic mass is 16.5. The topological polar surface area (TPSA) is 49.8 Å². The molecular weight excluding hydrogens is 254 g/mol. The number of hydrogen-bond donors (Lipinski definition) is 1. The lowest BCUT2D eigenvalue weighted by Crippen LogP contribution is -2.35. The fraction of sp³-hybridized carbons (Fsp3) is 0.562. The Hall–Kier alpha value is -1.71. The highest BCUT2D eigenvalue weighted by Crippen LogP contribution is 2.31. The van der Waals surface area contributed by atoms with Gasteiger partial charge in [-0.05, 0) is 31.4 Å². The van der Waals surface area contributed by atoms with Crippen molar-refractivity contribution in [3.8, 4) is 5.75 Å². The summed E-state index contributed by atoms with van der Waals surface area (Å²) in [5.74, 6) is -0.161. The molecule has 1 heterocycles. The second-order valence-corrected chi connectivity index (χ2v) is 5.29. The summed E-state index contributed by atoms with van der Waals surface area (Å²) in [6.45, 7) is 3.09. The van der Waals surface area contributed by atoms with Crippen molar-refractivity contribution in [2.75, 3.05) is 18.6 Å². The van der Waals surface area contributed by atoms with Crippen LogP contribution in [0.2, 0.25) is 0 Å². The molecule has 20 heavy (non-hydrogen) atoms. The van der Waals surface area contributed by atoms with Gasteiger partial charge in [-0.2, -0.15) is 0 Å². The lowest BCUT2D eigenvalue weighted by atomic mass is 10.0. The predicted molar refractivity (Wildman–Crippen MR) is 79.8 cm³/mol. The predicted octanol–water partition coefficient (Wildman–Crippen LogP) is 3.55. The number of hydrogen-bond acceptors (Lipinski definition) is 3. The average molecular weight is 277 g/mol. The number of rotatable bonds is 4. The SMILES string of the molecule is CCC1CCCCCN1c1cc(OC)ccc1C(=O)O. The van der Waals surface area contributed by atoms with Crippen LogP contribution in [0.25, 0.3) is 0 Å². The van der Waals surface area contributed by atoms with Gasteiger partial charge in [0.25, 0.3) is 0 Å². The second kappa shape index (κ2) is 6.64. The minimum atomic E-state index is -0.873. The van der Waals surface area contributed by atoms with E-state index in [0.29, 0.717) is 17.4 Å². The summed E-state index contributed by atoms with van der Waals surface area (Å²) in [4.78, 5) is 13.7.